The van der Waals surface area contributed by atoms with E-state index < -0.39 is 0 Å². The average Bonchev–Trinajstić information content (AvgIpc) is 2.26. The van der Waals surface area contributed by atoms with Gasteiger partial charge in [0.1, 0.15) is 0 Å². The highest BCUT2D eigenvalue weighted by molar-refractivity contribution is 5.00. The summed E-state index contributed by atoms with van der Waals surface area (Å²) in [5.74, 6) is 0.852. The van der Waals surface area contributed by atoms with Crippen molar-refractivity contribution in [1.29, 1.82) is 0 Å². The van der Waals surface area contributed by atoms with Crippen LogP contribution in [0.25, 0.3) is 0 Å². The maximum absolute atomic E-state index is 4.15. The third kappa shape index (κ3) is 4.26. The minimum absolute atomic E-state index is 0.770. The second-order valence-corrected chi connectivity index (χ2v) is 5.27. The van der Waals surface area contributed by atoms with Crippen LogP contribution in [0.15, 0.2) is 12.2 Å². The third-order valence-electron chi connectivity index (χ3n) is 3.73. The van der Waals surface area contributed by atoms with Crippen LogP contribution in [0.2, 0.25) is 0 Å². The molecular weight excluding hydrogens is 196 g/mol. The lowest BCUT2D eigenvalue weighted by atomic mass is 9.85. The molecule has 1 aliphatic rings. The van der Waals surface area contributed by atoms with Crippen LogP contribution in [0.3, 0.4) is 0 Å². The van der Waals surface area contributed by atoms with Gasteiger partial charge in [0, 0.05) is 19.1 Å². The molecular formula is C14H28N2. The Balaban J connectivity index is 2.32. The van der Waals surface area contributed by atoms with E-state index in [9.17, 15) is 0 Å². The van der Waals surface area contributed by atoms with E-state index in [-0.39, 0.29) is 0 Å². The molecule has 0 aromatic rings. The highest BCUT2D eigenvalue weighted by Gasteiger charge is 2.24. The van der Waals surface area contributed by atoms with E-state index in [1.165, 1.54) is 31.3 Å². The van der Waals surface area contributed by atoms with Crippen LogP contribution in [0.5, 0.6) is 0 Å². The standard InChI is InChI=1S/C14H28N2/c1-5-15-10-12(2)11-16(4)14-9-7-6-8-13(14)3/h13-15H,2,5-11H2,1,3-4H3. The smallest absolute Gasteiger partial charge is 0.0202 e. The molecule has 1 saturated carbocycles. The minimum Gasteiger partial charge on any atom is -0.313 e. The van der Waals surface area contributed by atoms with Gasteiger partial charge in [0.15, 0.2) is 0 Å². The van der Waals surface area contributed by atoms with Crippen molar-refractivity contribution in [1.82, 2.24) is 10.2 Å². The SMILES string of the molecule is C=C(CNCC)CN(C)C1CCCCC1C. The number of nitrogens with zero attached hydrogens (tertiary/aromatic N) is 1. The van der Waals surface area contributed by atoms with Crippen molar-refractivity contribution in [2.45, 2.75) is 45.6 Å². The molecule has 0 aliphatic heterocycles. The van der Waals surface area contributed by atoms with Crippen LogP contribution in [0.4, 0.5) is 0 Å². The fraction of sp³-hybridized carbons (Fsp3) is 0.857. The molecule has 2 atom stereocenters. The number of likely N-dealkylation sites (N-methyl/N-ethyl adjacent to an activating group) is 2. The minimum atomic E-state index is 0.770. The molecule has 0 heterocycles. The van der Waals surface area contributed by atoms with E-state index in [1.807, 2.05) is 0 Å². The zero-order valence-electron chi connectivity index (χ0n) is 11.3. The average molecular weight is 224 g/mol. The zero-order chi connectivity index (χ0) is 12.0. The van der Waals surface area contributed by atoms with Crippen LogP contribution in [0.1, 0.15) is 39.5 Å². The van der Waals surface area contributed by atoms with Crippen LogP contribution in [-0.2, 0) is 0 Å². The molecule has 2 heteroatoms. The van der Waals surface area contributed by atoms with Gasteiger partial charge in [-0.25, -0.2) is 0 Å². The number of nitrogens with one attached hydrogen (secondary N) is 1. The number of hydrogen-bond donors (Lipinski definition) is 1. The normalized spacial score (nSPS) is 26.0. The summed E-state index contributed by atoms with van der Waals surface area (Å²) in [4.78, 5) is 2.50. The first-order valence-corrected chi connectivity index (χ1v) is 6.72. The van der Waals surface area contributed by atoms with Crippen molar-refractivity contribution in [3.8, 4) is 0 Å². The summed E-state index contributed by atoms with van der Waals surface area (Å²) in [6.07, 6.45) is 5.59. The van der Waals surface area contributed by atoms with Crippen LogP contribution >= 0.6 is 0 Å². The van der Waals surface area contributed by atoms with Crippen LogP contribution in [-0.4, -0.2) is 37.6 Å². The first-order valence-electron chi connectivity index (χ1n) is 6.72. The summed E-state index contributed by atoms with van der Waals surface area (Å²) >= 11 is 0. The molecule has 0 spiro atoms. The van der Waals surface area contributed by atoms with Crippen molar-refractivity contribution in [2.75, 3.05) is 26.7 Å². The van der Waals surface area contributed by atoms with E-state index in [0.717, 1.165) is 31.6 Å². The summed E-state index contributed by atoms with van der Waals surface area (Å²) in [7, 11) is 2.25. The molecule has 0 aromatic heterocycles. The Bertz CT molecular complexity index is 213. The predicted molar refractivity (Wildman–Crippen MR) is 71.7 cm³/mol. The maximum atomic E-state index is 4.15. The molecule has 1 rings (SSSR count). The molecule has 1 N–H and O–H groups in total. The van der Waals surface area contributed by atoms with Crippen LogP contribution in [0, 0.1) is 5.92 Å². The van der Waals surface area contributed by atoms with Gasteiger partial charge in [-0.3, -0.25) is 4.90 Å². The second kappa shape index (κ2) is 7.08. The zero-order valence-corrected chi connectivity index (χ0v) is 11.3. The molecule has 16 heavy (non-hydrogen) atoms. The molecule has 1 fully saturated rings. The van der Waals surface area contributed by atoms with Gasteiger partial charge >= 0.3 is 0 Å². The topological polar surface area (TPSA) is 15.3 Å². The quantitative estimate of drug-likeness (QED) is 0.698. The van der Waals surface area contributed by atoms with E-state index >= 15 is 0 Å². The Hall–Kier alpha value is -0.340. The molecule has 2 unspecified atom stereocenters. The summed E-state index contributed by atoms with van der Waals surface area (Å²) < 4.78 is 0. The van der Waals surface area contributed by atoms with Crippen molar-refractivity contribution in [3.63, 3.8) is 0 Å². The second-order valence-electron chi connectivity index (χ2n) is 5.27. The number of hydrogen-bond acceptors (Lipinski definition) is 2. The molecule has 1 aliphatic carbocycles. The van der Waals surface area contributed by atoms with E-state index in [1.54, 1.807) is 0 Å². The van der Waals surface area contributed by atoms with Gasteiger partial charge < -0.3 is 5.32 Å². The van der Waals surface area contributed by atoms with E-state index in [2.05, 4.69) is 37.7 Å². The molecule has 94 valence electrons. The van der Waals surface area contributed by atoms with Gasteiger partial charge in [-0.2, -0.15) is 0 Å². The summed E-state index contributed by atoms with van der Waals surface area (Å²) in [6.45, 7) is 11.7. The monoisotopic (exact) mass is 224 g/mol. The summed E-state index contributed by atoms with van der Waals surface area (Å²) in [6, 6.07) is 0.770. The summed E-state index contributed by atoms with van der Waals surface area (Å²) in [5.41, 5.74) is 1.31. The molecule has 0 amide bonds. The third-order valence-corrected chi connectivity index (χ3v) is 3.73. The lowest BCUT2D eigenvalue weighted by molar-refractivity contribution is 0.149. The van der Waals surface area contributed by atoms with Crippen molar-refractivity contribution in [3.05, 3.63) is 12.2 Å². The highest BCUT2D eigenvalue weighted by atomic mass is 15.1. The van der Waals surface area contributed by atoms with Crippen LogP contribution < -0.4 is 5.32 Å². The van der Waals surface area contributed by atoms with Gasteiger partial charge in [-0.15, -0.1) is 0 Å². The van der Waals surface area contributed by atoms with E-state index in [0.29, 0.717) is 0 Å². The fourth-order valence-corrected chi connectivity index (χ4v) is 2.78. The van der Waals surface area contributed by atoms with Gasteiger partial charge in [0.05, 0.1) is 0 Å². The van der Waals surface area contributed by atoms with Crippen molar-refractivity contribution >= 4 is 0 Å². The van der Waals surface area contributed by atoms with Crippen molar-refractivity contribution in [2.24, 2.45) is 5.92 Å². The maximum Gasteiger partial charge on any atom is 0.0202 e. The Morgan fingerprint density at radius 2 is 2.06 bits per heavy atom. The van der Waals surface area contributed by atoms with E-state index in [4.69, 9.17) is 0 Å². The Morgan fingerprint density at radius 3 is 2.69 bits per heavy atom. The Kier molecular flexibility index (Phi) is 6.07. The molecule has 0 bridgehead atoms. The van der Waals surface area contributed by atoms with Gasteiger partial charge in [-0.1, -0.05) is 33.3 Å². The molecule has 0 radical (unpaired) electrons. The first-order chi connectivity index (χ1) is 7.65. The van der Waals surface area contributed by atoms with Gasteiger partial charge in [-0.05, 0) is 37.9 Å². The Morgan fingerprint density at radius 1 is 1.38 bits per heavy atom. The molecule has 0 aromatic carbocycles. The number of rotatable bonds is 6. The van der Waals surface area contributed by atoms with Crippen molar-refractivity contribution < 1.29 is 0 Å². The lowest BCUT2D eigenvalue weighted by Crippen LogP contribution is -2.40. The molecule has 0 saturated heterocycles. The largest absolute Gasteiger partial charge is 0.313 e. The first kappa shape index (κ1) is 13.7. The predicted octanol–water partition coefficient (Wildman–Crippen LogP) is 2.66. The highest BCUT2D eigenvalue weighted by Crippen LogP contribution is 2.27. The lowest BCUT2D eigenvalue weighted by Gasteiger charge is -2.36. The van der Waals surface area contributed by atoms with Gasteiger partial charge in [0.25, 0.3) is 0 Å². The molecule has 2 nitrogen and oxygen atoms in total. The fourth-order valence-electron chi connectivity index (χ4n) is 2.78. The van der Waals surface area contributed by atoms with Gasteiger partial charge in [0.2, 0.25) is 0 Å². The Labute approximate surface area is 101 Å². The summed E-state index contributed by atoms with van der Waals surface area (Å²) in [5, 5.41) is 3.34.